The van der Waals surface area contributed by atoms with Crippen LogP contribution >= 0.6 is 47.2 Å². The van der Waals surface area contributed by atoms with Gasteiger partial charge in [0.05, 0.1) is 10.8 Å². The number of guanidine groups is 1. The van der Waals surface area contributed by atoms with Gasteiger partial charge in [-0.1, -0.05) is 47.5 Å². The summed E-state index contributed by atoms with van der Waals surface area (Å²) in [5.41, 5.74) is 0.928. The van der Waals surface area contributed by atoms with Crippen molar-refractivity contribution in [2.24, 2.45) is 4.99 Å². The summed E-state index contributed by atoms with van der Waals surface area (Å²) in [5, 5.41) is 7.53. The van der Waals surface area contributed by atoms with E-state index in [2.05, 4.69) is 15.6 Å². The lowest BCUT2D eigenvalue weighted by Crippen LogP contribution is -2.38. The molecule has 2 aromatic carbocycles. The summed E-state index contributed by atoms with van der Waals surface area (Å²) in [5.74, 6) is 1.14. The van der Waals surface area contributed by atoms with Crippen molar-refractivity contribution in [1.82, 2.24) is 10.6 Å². The van der Waals surface area contributed by atoms with Crippen LogP contribution in [0.15, 0.2) is 58.4 Å². The summed E-state index contributed by atoms with van der Waals surface area (Å²) in [6.45, 7) is 1.08. The van der Waals surface area contributed by atoms with E-state index < -0.39 is 10.8 Å². The maximum absolute atomic E-state index is 12.2. The van der Waals surface area contributed by atoms with Crippen LogP contribution in [0.25, 0.3) is 0 Å². The van der Waals surface area contributed by atoms with E-state index in [4.69, 9.17) is 23.2 Å². The summed E-state index contributed by atoms with van der Waals surface area (Å²) in [6.07, 6.45) is 0. The topological polar surface area (TPSA) is 53.5 Å². The van der Waals surface area contributed by atoms with Gasteiger partial charge in [0.15, 0.2) is 5.96 Å². The molecule has 0 amide bonds. The smallest absolute Gasteiger partial charge is 0.191 e. The molecule has 0 spiro atoms. The van der Waals surface area contributed by atoms with Crippen molar-refractivity contribution in [3.05, 3.63) is 64.1 Å². The first-order valence-electron chi connectivity index (χ1n) is 7.42. The van der Waals surface area contributed by atoms with Crippen molar-refractivity contribution in [2.75, 3.05) is 19.3 Å². The predicted molar refractivity (Wildman–Crippen MR) is 118 cm³/mol. The molecule has 0 aromatic heterocycles. The Hall–Kier alpha value is -0.830. The molecule has 25 heavy (non-hydrogen) atoms. The standard InChI is InChI=1S/C17H19Cl2N3OS.HI/c1-20-17(22-12-13-7-8-14(18)11-16(13)19)21-9-10-24(23)15-5-3-2-4-6-15;/h2-8,11H,9-10,12H2,1H3,(H2,20,21,22);1H. The molecule has 2 N–H and O–H groups in total. The molecule has 0 bridgehead atoms. The quantitative estimate of drug-likeness (QED) is 0.349. The SMILES string of the molecule is CN=C(NCCS(=O)c1ccccc1)NCc1ccc(Cl)cc1Cl.I. The van der Waals surface area contributed by atoms with Crippen molar-refractivity contribution >= 4 is 63.9 Å². The predicted octanol–water partition coefficient (Wildman–Crippen LogP) is 4.08. The summed E-state index contributed by atoms with van der Waals surface area (Å²) >= 11 is 12.0. The first kappa shape index (κ1) is 22.2. The van der Waals surface area contributed by atoms with Gasteiger partial charge in [0.1, 0.15) is 0 Å². The van der Waals surface area contributed by atoms with Crippen LogP contribution in [0.3, 0.4) is 0 Å². The molecule has 8 heteroatoms. The average Bonchev–Trinajstić information content (AvgIpc) is 2.59. The van der Waals surface area contributed by atoms with E-state index in [0.717, 1.165) is 10.5 Å². The van der Waals surface area contributed by atoms with E-state index in [1.54, 1.807) is 19.2 Å². The first-order valence-corrected chi connectivity index (χ1v) is 9.49. The Kier molecular flexibility index (Phi) is 10.4. The van der Waals surface area contributed by atoms with Crippen LogP contribution in [-0.2, 0) is 17.3 Å². The Morgan fingerprint density at radius 1 is 1.12 bits per heavy atom. The molecule has 0 saturated carbocycles. The first-order chi connectivity index (χ1) is 11.6. The number of halogens is 3. The molecule has 2 rings (SSSR count). The van der Waals surface area contributed by atoms with Crippen LogP contribution in [0.4, 0.5) is 0 Å². The molecule has 136 valence electrons. The Labute approximate surface area is 177 Å². The highest BCUT2D eigenvalue weighted by atomic mass is 127. The minimum Gasteiger partial charge on any atom is -0.355 e. The van der Waals surface area contributed by atoms with Gasteiger partial charge in [-0.25, -0.2) is 0 Å². The lowest BCUT2D eigenvalue weighted by molar-refractivity contribution is 0.681. The molecule has 0 aliphatic heterocycles. The van der Waals surface area contributed by atoms with E-state index >= 15 is 0 Å². The fourth-order valence-electron chi connectivity index (χ4n) is 2.02. The molecular weight excluding hydrogens is 492 g/mol. The zero-order chi connectivity index (χ0) is 17.4. The molecule has 0 saturated heterocycles. The van der Waals surface area contributed by atoms with Gasteiger partial charge in [-0.3, -0.25) is 9.20 Å². The zero-order valence-electron chi connectivity index (χ0n) is 13.7. The second-order valence-corrected chi connectivity index (χ2v) is 7.37. The third-order valence-corrected chi connectivity index (χ3v) is 5.23. The molecule has 0 radical (unpaired) electrons. The van der Waals surface area contributed by atoms with E-state index in [0.29, 0.717) is 34.8 Å². The maximum atomic E-state index is 12.2. The largest absolute Gasteiger partial charge is 0.355 e. The van der Waals surface area contributed by atoms with Crippen molar-refractivity contribution in [2.45, 2.75) is 11.4 Å². The second-order valence-electron chi connectivity index (χ2n) is 4.95. The number of rotatable bonds is 6. The van der Waals surface area contributed by atoms with E-state index in [-0.39, 0.29) is 24.0 Å². The Morgan fingerprint density at radius 3 is 2.48 bits per heavy atom. The Morgan fingerprint density at radius 2 is 1.84 bits per heavy atom. The van der Waals surface area contributed by atoms with Gasteiger partial charge in [-0.05, 0) is 29.8 Å². The van der Waals surface area contributed by atoms with Crippen LogP contribution in [0, 0.1) is 0 Å². The van der Waals surface area contributed by atoms with Gasteiger partial charge in [0.25, 0.3) is 0 Å². The minimum absolute atomic E-state index is 0. The van der Waals surface area contributed by atoms with E-state index in [1.807, 2.05) is 36.4 Å². The third-order valence-electron chi connectivity index (χ3n) is 3.27. The molecule has 0 heterocycles. The van der Waals surface area contributed by atoms with Gasteiger partial charge < -0.3 is 10.6 Å². The molecule has 2 aromatic rings. The number of nitrogens with zero attached hydrogens (tertiary/aromatic N) is 1. The van der Waals surface area contributed by atoms with Crippen LogP contribution < -0.4 is 10.6 Å². The monoisotopic (exact) mass is 511 g/mol. The summed E-state index contributed by atoms with van der Waals surface area (Å²) in [4.78, 5) is 4.98. The lowest BCUT2D eigenvalue weighted by Gasteiger charge is -2.12. The summed E-state index contributed by atoms with van der Waals surface area (Å²) in [7, 11) is 0.658. The fraction of sp³-hybridized carbons (Fsp3) is 0.235. The number of hydrogen-bond acceptors (Lipinski definition) is 2. The maximum Gasteiger partial charge on any atom is 0.191 e. The van der Waals surface area contributed by atoms with Crippen molar-refractivity contribution in [3.63, 3.8) is 0 Å². The van der Waals surface area contributed by atoms with Crippen LogP contribution in [0.5, 0.6) is 0 Å². The average molecular weight is 512 g/mol. The Balaban J connectivity index is 0.00000312. The van der Waals surface area contributed by atoms with Gasteiger partial charge in [0.2, 0.25) is 0 Å². The number of aliphatic imine (C=N–C) groups is 1. The molecule has 1 atom stereocenters. The van der Waals surface area contributed by atoms with Crippen molar-refractivity contribution < 1.29 is 4.21 Å². The number of benzene rings is 2. The highest BCUT2D eigenvalue weighted by Gasteiger charge is 2.05. The molecule has 0 aliphatic carbocycles. The zero-order valence-corrected chi connectivity index (χ0v) is 18.3. The van der Waals surface area contributed by atoms with E-state index in [1.165, 1.54) is 0 Å². The third kappa shape index (κ3) is 7.52. The van der Waals surface area contributed by atoms with Crippen molar-refractivity contribution in [1.29, 1.82) is 0 Å². The molecule has 4 nitrogen and oxygen atoms in total. The van der Waals surface area contributed by atoms with Crippen LogP contribution in [0.1, 0.15) is 5.56 Å². The number of hydrogen-bond donors (Lipinski definition) is 2. The highest BCUT2D eigenvalue weighted by molar-refractivity contribution is 14.0. The summed E-state index contributed by atoms with van der Waals surface area (Å²) < 4.78 is 12.2. The molecular formula is C17H20Cl2IN3OS. The van der Waals surface area contributed by atoms with Crippen molar-refractivity contribution in [3.8, 4) is 0 Å². The van der Waals surface area contributed by atoms with Crippen LogP contribution in [-0.4, -0.2) is 29.5 Å². The summed E-state index contributed by atoms with van der Waals surface area (Å²) in [6, 6.07) is 14.8. The van der Waals surface area contributed by atoms with Gasteiger partial charge in [-0.15, -0.1) is 24.0 Å². The fourth-order valence-corrected chi connectivity index (χ4v) is 3.48. The highest BCUT2D eigenvalue weighted by Crippen LogP contribution is 2.20. The number of nitrogens with one attached hydrogen (secondary N) is 2. The van der Waals surface area contributed by atoms with Gasteiger partial charge in [0, 0.05) is 40.8 Å². The van der Waals surface area contributed by atoms with Crippen LogP contribution in [0.2, 0.25) is 10.0 Å². The normalized spacial score (nSPS) is 12.2. The second kappa shape index (κ2) is 11.7. The molecule has 0 aliphatic rings. The lowest BCUT2D eigenvalue weighted by atomic mass is 10.2. The van der Waals surface area contributed by atoms with Gasteiger partial charge >= 0.3 is 0 Å². The Bertz CT molecular complexity index is 729. The molecule has 0 fully saturated rings. The molecule has 1 unspecified atom stereocenters. The minimum atomic E-state index is -1.03. The van der Waals surface area contributed by atoms with Gasteiger partial charge in [-0.2, -0.15) is 0 Å². The van der Waals surface area contributed by atoms with E-state index in [9.17, 15) is 4.21 Å².